The summed E-state index contributed by atoms with van der Waals surface area (Å²) >= 11 is 0. The van der Waals surface area contributed by atoms with Crippen LogP contribution in [0.4, 0.5) is 5.82 Å². The summed E-state index contributed by atoms with van der Waals surface area (Å²) in [5, 5.41) is 9.93. The molecule has 0 aromatic carbocycles. The number of hydrogen-bond donors (Lipinski definition) is 1. The number of ether oxygens (including phenoxy) is 1. The molecule has 2 unspecified atom stereocenters. The van der Waals surface area contributed by atoms with Crippen LogP contribution < -0.4 is 4.90 Å². The van der Waals surface area contributed by atoms with Crippen molar-refractivity contribution in [1.82, 2.24) is 4.98 Å². The molecule has 1 aromatic heterocycles. The maximum Gasteiger partial charge on any atom is 0.134 e. The van der Waals surface area contributed by atoms with Crippen molar-refractivity contribution in [3.8, 4) is 0 Å². The third-order valence-corrected chi connectivity index (χ3v) is 4.27. The second-order valence-electron chi connectivity index (χ2n) is 5.55. The predicted octanol–water partition coefficient (Wildman–Crippen LogP) is 2.28. The molecule has 4 heteroatoms. The van der Waals surface area contributed by atoms with E-state index in [9.17, 15) is 5.11 Å². The van der Waals surface area contributed by atoms with Gasteiger partial charge in [-0.25, -0.2) is 4.98 Å². The number of aliphatic hydroxyl groups is 1. The Morgan fingerprint density at radius 3 is 3.11 bits per heavy atom. The van der Waals surface area contributed by atoms with Crippen LogP contribution in [0.2, 0.25) is 0 Å². The third kappa shape index (κ3) is 2.47. The van der Waals surface area contributed by atoms with Crippen molar-refractivity contribution in [1.29, 1.82) is 0 Å². The zero-order valence-electron chi connectivity index (χ0n) is 11.5. The minimum absolute atomic E-state index is 0.339. The minimum atomic E-state index is -0.478. The molecular weight excluding hydrogens is 240 g/mol. The van der Waals surface area contributed by atoms with E-state index in [1.54, 1.807) is 6.92 Å². The Morgan fingerprint density at radius 2 is 2.26 bits per heavy atom. The highest BCUT2D eigenvalue weighted by atomic mass is 16.5. The summed E-state index contributed by atoms with van der Waals surface area (Å²) in [6.45, 7) is 3.44. The van der Waals surface area contributed by atoms with Crippen LogP contribution in [0.15, 0.2) is 18.3 Å². The van der Waals surface area contributed by atoms with Crippen molar-refractivity contribution < 1.29 is 9.84 Å². The molecule has 2 aliphatic rings. The van der Waals surface area contributed by atoms with Crippen molar-refractivity contribution in [2.45, 2.75) is 50.9 Å². The Bertz CT molecular complexity index is 434. The Hall–Kier alpha value is -1.13. The van der Waals surface area contributed by atoms with Gasteiger partial charge < -0.3 is 14.7 Å². The summed E-state index contributed by atoms with van der Waals surface area (Å²) in [5.74, 6) is 0.942. The summed E-state index contributed by atoms with van der Waals surface area (Å²) in [6, 6.07) is 4.29. The van der Waals surface area contributed by atoms with Crippen LogP contribution in [0.5, 0.6) is 0 Å². The summed E-state index contributed by atoms with van der Waals surface area (Å²) in [5.41, 5.74) is 0.925. The van der Waals surface area contributed by atoms with Crippen LogP contribution in [0, 0.1) is 0 Å². The number of pyridine rings is 1. The summed E-state index contributed by atoms with van der Waals surface area (Å²) < 4.78 is 5.90. The first kappa shape index (κ1) is 12.9. The number of fused-ring (bicyclic) bond motifs is 1. The SMILES string of the molecule is C[C@H](O)c1cccnc1N1CCOC2CCCCC21. The largest absolute Gasteiger partial charge is 0.389 e. The lowest BCUT2D eigenvalue weighted by Crippen LogP contribution is -2.53. The molecule has 0 bridgehead atoms. The van der Waals surface area contributed by atoms with Crippen molar-refractivity contribution >= 4 is 5.82 Å². The predicted molar refractivity (Wildman–Crippen MR) is 74.2 cm³/mol. The van der Waals surface area contributed by atoms with Crippen LogP contribution in [-0.2, 0) is 4.74 Å². The number of anilines is 1. The zero-order chi connectivity index (χ0) is 13.2. The molecule has 2 heterocycles. The van der Waals surface area contributed by atoms with E-state index in [-0.39, 0.29) is 0 Å². The maximum absolute atomic E-state index is 9.93. The van der Waals surface area contributed by atoms with Gasteiger partial charge in [0, 0.05) is 18.3 Å². The van der Waals surface area contributed by atoms with Gasteiger partial charge in [0.15, 0.2) is 0 Å². The fourth-order valence-electron chi connectivity index (χ4n) is 3.33. The van der Waals surface area contributed by atoms with Gasteiger partial charge in [0.05, 0.1) is 24.9 Å². The molecule has 2 fully saturated rings. The Labute approximate surface area is 114 Å². The van der Waals surface area contributed by atoms with Gasteiger partial charge in [-0.2, -0.15) is 0 Å². The first-order chi connectivity index (χ1) is 9.27. The third-order valence-electron chi connectivity index (χ3n) is 4.27. The minimum Gasteiger partial charge on any atom is -0.389 e. The van der Waals surface area contributed by atoms with E-state index in [0.717, 1.165) is 31.0 Å². The van der Waals surface area contributed by atoms with Gasteiger partial charge in [-0.15, -0.1) is 0 Å². The maximum atomic E-state index is 9.93. The molecular formula is C15H22N2O2. The van der Waals surface area contributed by atoms with E-state index in [1.165, 1.54) is 19.3 Å². The Balaban J connectivity index is 1.91. The molecule has 1 aromatic rings. The molecule has 0 radical (unpaired) electrons. The van der Waals surface area contributed by atoms with Gasteiger partial charge in [-0.1, -0.05) is 18.9 Å². The van der Waals surface area contributed by atoms with Crippen LogP contribution in [0.1, 0.15) is 44.3 Å². The second kappa shape index (κ2) is 5.47. The first-order valence-corrected chi connectivity index (χ1v) is 7.28. The molecule has 3 atom stereocenters. The van der Waals surface area contributed by atoms with Gasteiger partial charge in [0.2, 0.25) is 0 Å². The molecule has 3 rings (SSSR count). The standard InChI is InChI=1S/C15H22N2O2/c1-11(18)12-5-4-8-16-15(12)17-9-10-19-14-7-3-2-6-13(14)17/h4-5,8,11,13-14,18H,2-3,6-7,9-10H2,1H3/t11-,13?,14?/m0/s1. The van der Waals surface area contributed by atoms with Gasteiger partial charge in [-0.3, -0.25) is 0 Å². The van der Waals surface area contributed by atoms with Crippen molar-refractivity contribution in [3.63, 3.8) is 0 Å². The Morgan fingerprint density at radius 1 is 1.42 bits per heavy atom. The van der Waals surface area contributed by atoms with E-state index in [4.69, 9.17) is 4.74 Å². The normalized spacial score (nSPS) is 28.8. The lowest BCUT2D eigenvalue weighted by atomic mass is 9.90. The van der Waals surface area contributed by atoms with E-state index in [1.807, 2.05) is 18.3 Å². The topological polar surface area (TPSA) is 45.6 Å². The van der Waals surface area contributed by atoms with Crippen LogP contribution in [0.3, 0.4) is 0 Å². The first-order valence-electron chi connectivity index (χ1n) is 7.28. The summed E-state index contributed by atoms with van der Waals surface area (Å²) in [4.78, 5) is 6.88. The van der Waals surface area contributed by atoms with Crippen molar-refractivity contribution in [2.75, 3.05) is 18.1 Å². The van der Waals surface area contributed by atoms with E-state index >= 15 is 0 Å². The van der Waals surface area contributed by atoms with E-state index < -0.39 is 6.10 Å². The average Bonchev–Trinajstić information content (AvgIpc) is 2.46. The number of aromatic nitrogens is 1. The summed E-state index contributed by atoms with van der Waals surface area (Å²) in [7, 11) is 0. The van der Waals surface area contributed by atoms with Crippen molar-refractivity contribution in [2.24, 2.45) is 0 Å². The number of aliphatic hydroxyl groups excluding tert-OH is 1. The quantitative estimate of drug-likeness (QED) is 0.888. The second-order valence-corrected chi connectivity index (χ2v) is 5.55. The monoisotopic (exact) mass is 262 g/mol. The number of rotatable bonds is 2. The molecule has 0 amide bonds. The molecule has 1 N–H and O–H groups in total. The smallest absolute Gasteiger partial charge is 0.134 e. The fraction of sp³-hybridized carbons (Fsp3) is 0.667. The highest BCUT2D eigenvalue weighted by molar-refractivity contribution is 5.49. The zero-order valence-corrected chi connectivity index (χ0v) is 11.5. The van der Waals surface area contributed by atoms with Crippen LogP contribution in [0.25, 0.3) is 0 Å². The fourth-order valence-corrected chi connectivity index (χ4v) is 3.33. The number of hydrogen-bond acceptors (Lipinski definition) is 4. The molecule has 1 saturated heterocycles. The van der Waals surface area contributed by atoms with Gasteiger partial charge >= 0.3 is 0 Å². The Kier molecular flexibility index (Phi) is 3.71. The lowest BCUT2D eigenvalue weighted by Gasteiger charge is -2.45. The molecule has 104 valence electrons. The van der Waals surface area contributed by atoms with E-state index in [2.05, 4.69) is 9.88 Å². The molecule has 4 nitrogen and oxygen atoms in total. The summed E-state index contributed by atoms with van der Waals surface area (Å²) in [6.07, 6.45) is 6.52. The highest BCUT2D eigenvalue weighted by Gasteiger charge is 2.35. The van der Waals surface area contributed by atoms with Gasteiger partial charge in [0.25, 0.3) is 0 Å². The van der Waals surface area contributed by atoms with Crippen molar-refractivity contribution in [3.05, 3.63) is 23.9 Å². The van der Waals surface area contributed by atoms with E-state index in [0.29, 0.717) is 12.1 Å². The van der Waals surface area contributed by atoms with Gasteiger partial charge in [-0.05, 0) is 25.8 Å². The number of nitrogens with zero attached hydrogens (tertiary/aromatic N) is 2. The molecule has 1 saturated carbocycles. The molecule has 1 aliphatic heterocycles. The lowest BCUT2D eigenvalue weighted by molar-refractivity contribution is -0.00920. The molecule has 1 aliphatic carbocycles. The highest BCUT2D eigenvalue weighted by Crippen LogP contribution is 2.34. The van der Waals surface area contributed by atoms with Crippen LogP contribution in [-0.4, -0.2) is 35.4 Å². The number of morpholine rings is 1. The molecule has 19 heavy (non-hydrogen) atoms. The average molecular weight is 262 g/mol. The van der Waals surface area contributed by atoms with Crippen LogP contribution >= 0.6 is 0 Å². The molecule has 0 spiro atoms. The van der Waals surface area contributed by atoms with Gasteiger partial charge in [0.1, 0.15) is 5.82 Å².